The molecule has 0 aromatic heterocycles. The average molecular weight is 273 g/mol. The van der Waals surface area contributed by atoms with E-state index in [-0.39, 0.29) is 5.66 Å². The molecule has 3 heteroatoms. The molecule has 1 N–H and O–H groups in total. The van der Waals surface area contributed by atoms with Crippen LogP contribution in [0.3, 0.4) is 0 Å². The Balaban J connectivity index is 2.14. The van der Waals surface area contributed by atoms with Gasteiger partial charge in [0.2, 0.25) is 5.66 Å². The molecule has 0 radical (unpaired) electrons. The lowest BCUT2D eigenvalue weighted by Gasteiger charge is -2.08. The molecule has 0 saturated heterocycles. The molecule has 0 fully saturated rings. The molecule has 98 valence electrons. The van der Waals surface area contributed by atoms with Gasteiger partial charge in [-0.25, -0.2) is 0 Å². The number of hydrogen-bond donors (Lipinski definition) is 1. The molecule has 0 aliphatic heterocycles. The van der Waals surface area contributed by atoms with Crippen molar-refractivity contribution in [1.29, 1.82) is 0 Å². The zero-order valence-electron chi connectivity index (χ0n) is 11.0. The molecule has 0 aliphatic rings. The molecule has 2 nitrogen and oxygen atoms in total. The fourth-order valence-corrected chi connectivity index (χ4v) is 2.70. The van der Waals surface area contributed by atoms with Gasteiger partial charge >= 0.3 is 8.03 Å². The van der Waals surface area contributed by atoms with Gasteiger partial charge in [-0.2, -0.15) is 4.89 Å². The van der Waals surface area contributed by atoms with Gasteiger partial charge in [0.15, 0.2) is 0 Å². The van der Waals surface area contributed by atoms with Gasteiger partial charge in [0, 0.05) is 5.56 Å². The van der Waals surface area contributed by atoms with Gasteiger partial charge in [-0.05, 0) is 35.5 Å². The van der Waals surface area contributed by atoms with Crippen LogP contribution in [-0.2, 0) is 17.4 Å². The molecule has 0 amide bonds. The van der Waals surface area contributed by atoms with Gasteiger partial charge in [0.05, 0.1) is 0 Å². The van der Waals surface area contributed by atoms with E-state index in [1.165, 1.54) is 5.56 Å². The van der Waals surface area contributed by atoms with Gasteiger partial charge in [0.25, 0.3) is 0 Å². The highest BCUT2D eigenvalue weighted by Gasteiger charge is 2.27. The standard InChI is InChI=1S/C16H17O2P/c1-13(19(17)18)16-10-6-5-9-15(16)12-11-14-7-3-2-4-8-14/h2-10,13H,11-12H2,1H3/p+1. The van der Waals surface area contributed by atoms with E-state index in [1.807, 2.05) is 42.5 Å². The predicted octanol–water partition coefficient (Wildman–Crippen LogP) is 4.27. The van der Waals surface area contributed by atoms with Crippen LogP contribution in [0.2, 0.25) is 0 Å². The number of benzene rings is 2. The summed E-state index contributed by atoms with van der Waals surface area (Å²) in [4.78, 5) is 9.29. The summed E-state index contributed by atoms with van der Waals surface area (Å²) in [6.07, 6.45) is 1.85. The quantitative estimate of drug-likeness (QED) is 0.826. The van der Waals surface area contributed by atoms with Crippen molar-refractivity contribution in [2.75, 3.05) is 0 Å². The molecule has 2 unspecified atom stereocenters. The zero-order chi connectivity index (χ0) is 13.7. The van der Waals surface area contributed by atoms with E-state index in [4.69, 9.17) is 0 Å². The van der Waals surface area contributed by atoms with Crippen LogP contribution in [0.5, 0.6) is 0 Å². The van der Waals surface area contributed by atoms with E-state index >= 15 is 0 Å². The first kappa shape index (κ1) is 13.9. The minimum absolute atomic E-state index is 0.304. The lowest BCUT2D eigenvalue weighted by molar-refractivity contribution is 0.493. The van der Waals surface area contributed by atoms with Crippen molar-refractivity contribution in [1.82, 2.24) is 0 Å². The van der Waals surface area contributed by atoms with E-state index < -0.39 is 8.03 Å². The summed E-state index contributed by atoms with van der Waals surface area (Å²) < 4.78 is 11.3. The average Bonchev–Trinajstić information content (AvgIpc) is 2.45. The molecule has 0 spiro atoms. The fraction of sp³-hybridized carbons (Fsp3) is 0.250. The smallest absolute Gasteiger partial charge is 0.160 e. The van der Waals surface area contributed by atoms with E-state index in [0.717, 1.165) is 24.0 Å². The Morgan fingerprint density at radius 1 is 1.00 bits per heavy atom. The Labute approximate surface area is 115 Å². The van der Waals surface area contributed by atoms with Gasteiger partial charge < -0.3 is 0 Å². The predicted molar refractivity (Wildman–Crippen MR) is 78.5 cm³/mol. The summed E-state index contributed by atoms with van der Waals surface area (Å²) in [6.45, 7) is 1.81. The number of hydrogen-bond acceptors (Lipinski definition) is 1. The van der Waals surface area contributed by atoms with Crippen molar-refractivity contribution in [3.8, 4) is 0 Å². The van der Waals surface area contributed by atoms with Crippen LogP contribution >= 0.6 is 8.03 Å². The van der Waals surface area contributed by atoms with Crippen LogP contribution in [0.15, 0.2) is 54.6 Å². The largest absolute Gasteiger partial charge is 0.513 e. The van der Waals surface area contributed by atoms with Crippen LogP contribution in [0.25, 0.3) is 0 Å². The SMILES string of the molecule is CC(c1ccccc1CCc1ccccc1)[P+](=O)O. The van der Waals surface area contributed by atoms with Gasteiger partial charge in [0.1, 0.15) is 0 Å². The third-order valence-electron chi connectivity index (χ3n) is 3.36. The molecule has 19 heavy (non-hydrogen) atoms. The third kappa shape index (κ3) is 3.73. The molecule has 2 rings (SSSR count). The first-order chi connectivity index (χ1) is 9.18. The molecule has 0 aliphatic carbocycles. The third-order valence-corrected chi connectivity index (χ3v) is 4.30. The normalized spacial score (nSPS) is 13.1. The summed E-state index contributed by atoms with van der Waals surface area (Å²) in [5.41, 5.74) is 3.14. The Morgan fingerprint density at radius 3 is 2.32 bits per heavy atom. The van der Waals surface area contributed by atoms with Crippen molar-refractivity contribution < 1.29 is 9.46 Å². The van der Waals surface area contributed by atoms with Crippen molar-refractivity contribution in [2.24, 2.45) is 0 Å². The van der Waals surface area contributed by atoms with E-state index in [0.29, 0.717) is 0 Å². The van der Waals surface area contributed by atoms with E-state index in [2.05, 4.69) is 12.1 Å². The number of rotatable bonds is 5. The molecule has 2 aromatic carbocycles. The van der Waals surface area contributed by atoms with Crippen molar-refractivity contribution in [2.45, 2.75) is 25.4 Å². The summed E-state index contributed by atoms with van der Waals surface area (Å²) in [7, 11) is -2.17. The Bertz CT molecular complexity index is 552. The molecule has 0 saturated carbocycles. The van der Waals surface area contributed by atoms with Crippen LogP contribution in [0.4, 0.5) is 0 Å². The highest BCUT2D eigenvalue weighted by atomic mass is 31.1. The molecule has 2 atom stereocenters. The van der Waals surface area contributed by atoms with Crippen molar-refractivity contribution in [3.05, 3.63) is 71.3 Å². The maximum absolute atomic E-state index is 11.3. The summed E-state index contributed by atoms with van der Waals surface area (Å²) >= 11 is 0. The molecular weight excluding hydrogens is 255 g/mol. The Morgan fingerprint density at radius 2 is 1.63 bits per heavy atom. The van der Waals surface area contributed by atoms with E-state index in [9.17, 15) is 9.46 Å². The summed E-state index contributed by atoms with van der Waals surface area (Å²) in [5.74, 6) is 0. The van der Waals surface area contributed by atoms with Crippen LogP contribution in [0.1, 0.15) is 29.3 Å². The second kappa shape index (κ2) is 6.60. The lowest BCUT2D eigenvalue weighted by Crippen LogP contribution is -1.98. The first-order valence-corrected chi connectivity index (χ1v) is 7.73. The zero-order valence-corrected chi connectivity index (χ0v) is 11.9. The summed E-state index contributed by atoms with van der Waals surface area (Å²) in [6, 6.07) is 18.2. The van der Waals surface area contributed by atoms with Crippen LogP contribution in [-0.4, -0.2) is 4.89 Å². The van der Waals surface area contributed by atoms with Gasteiger partial charge in [-0.3, -0.25) is 0 Å². The van der Waals surface area contributed by atoms with Crippen LogP contribution in [0, 0.1) is 0 Å². The van der Waals surface area contributed by atoms with Gasteiger partial charge in [-0.15, -0.1) is 0 Å². The molecule has 0 heterocycles. The summed E-state index contributed by atoms with van der Waals surface area (Å²) in [5, 5.41) is 0. The van der Waals surface area contributed by atoms with E-state index in [1.54, 1.807) is 6.92 Å². The minimum atomic E-state index is -2.17. The Kier molecular flexibility index (Phi) is 4.84. The topological polar surface area (TPSA) is 37.3 Å². The van der Waals surface area contributed by atoms with Crippen LogP contribution < -0.4 is 0 Å². The molecule has 0 bridgehead atoms. The fourth-order valence-electron chi connectivity index (χ4n) is 2.21. The highest BCUT2D eigenvalue weighted by Crippen LogP contribution is 2.38. The maximum atomic E-state index is 11.3. The Hall–Kier alpha value is -1.50. The minimum Gasteiger partial charge on any atom is -0.160 e. The van der Waals surface area contributed by atoms with Crippen molar-refractivity contribution in [3.63, 3.8) is 0 Å². The highest BCUT2D eigenvalue weighted by molar-refractivity contribution is 7.38. The second-order valence-corrected chi connectivity index (χ2v) is 6.04. The van der Waals surface area contributed by atoms with Gasteiger partial charge in [-0.1, -0.05) is 54.6 Å². The molecular formula is C16H18O2P+. The maximum Gasteiger partial charge on any atom is 0.513 e. The second-order valence-electron chi connectivity index (χ2n) is 4.66. The number of aryl methyl sites for hydroxylation is 2. The molecule has 2 aromatic rings. The lowest BCUT2D eigenvalue weighted by atomic mass is 9.98. The van der Waals surface area contributed by atoms with Crippen molar-refractivity contribution >= 4 is 8.03 Å². The monoisotopic (exact) mass is 273 g/mol. The first-order valence-electron chi connectivity index (χ1n) is 6.45.